The number of hydrogen-bond acceptors (Lipinski definition) is 4. The van der Waals surface area contributed by atoms with Crippen LogP contribution in [-0.2, 0) is 19.1 Å². The van der Waals surface area contributed by atoms with Crippen LogP contribution < -0.4 is 4.74 Å². The summed E-state index contributed by atoms with van der Waals surface area (Å²) in [4.78, 5) is 2.18. The van der Waals surface area contributed by atoms with Gasteiger partial charge in [-0.25, -0.2) is 0 Å². The zero-order chi connectivity index (χ0) is 21.9. The molecule has 2 aromatic carbocycles. The van der Waals surface area contributed by atoms with Crippen LogP contribution in [0.5, 0.6) is 11.5 Å². The molecule has 1 saturated heterocycles. The smallest absolute Gasteiger partial charge is 0.416 e. The number of hydrogen-bond donors (Lipinski definition) is 2. The summed E-state index contributed by atoms with van der Waals surface area (Å²) in [6.45, 7) is 1.84. The minimum atomic E-state index is -4.38. The Hall–Kier alpha value is -1.96. The molecule has 0 bridgehead atoms. The molecule has 0 atom stereocenters. The monoisotopic (exact) mass is 443 g/mol. The molecule has 0 spiro atoms. The third kappa shape index (κ3) is 5.20. The number of halogens is 4. The molecule has 4 nitrogen and oxygen atoms in total. The summed E-state index contributed by atoms with van der Waals surface area (Å²) in [5.41, 5.74) is 0.290. The van der Waals surface area contributed by atoms with Crippen molar-refractivity contribution in [3.8, 4) is 11.5 Å². The fourth-order valence-electron chi connectivity index (χ4n) is 3.98. The number of piperidine rings is 1. The highest BCUT2D eigenvalue weighted by atomic mass is 35.5. The molecule has 0 saturated carbocycles. The second-order valence-electron chi connectivity index (χ2n) is 7.92. The molecular weight excluding hydrogens is 419 g/mol. The summed E-state index contributed by atoms with van der Waals surface area (Å²) in [5, 5.41) is 20.3. The summed E-state index contributed by atoms with van der Waals surface area (Å²) in [6.07, 6.45) is -2.66. The maximum Gasteiger partial charge on any atom is 0.416 e. The zero-order valence-corrected chi connectivity index (χ0v) is 17.4. The third-order valence-electron chi connectivity index (χ3n) is 5.83. The lowest BCUT2D eigenvalue weighted by molar-refractivity contribution is -0.137. The van der Waals surface area contributed by atoms with E-state index < -0.39 is 17.2 Å². The third-order valence-corrected chi connectivity index (χ3v) is 6.18. The van der Waals surface area contributed by atoms with Gasteiger partial charge in [-0.3, -0.25) is 4.90 Å². The lowest BCUT2D eigenvalue weighted by Gasteiger charge is -2.41. The van der Waals surface area contributed by atoms with Gasteiger partial charge in [0.05, 0.1) is 12.7 Å². The van der Waals surface area contributed by atoms with E-state index in [4.69, 9.17) is 16.3 Å². The Bertz CT molecular complexity index is 880. The van der Waals surface area contributed by atoms with Crippen molar-refractivity contribution in [2.24, 2.45) is 5.41 Å². The highest BCUT2D eigenvalue weighted by Gasteiger charge is 2.36. The Kier molecular flexibility index (Phi) is 6.84. The molecule has 1 aliphatic rings. The van der Waals surface area contributed by atoms with Crippen LogP contribution in [0.3, 0.4) is 0 Å². The number of phenols is 1. The highest BCUT2D eigenvalue weighted by molar-refractivity contribution is 6.31. The predicted molar refractivity (Wildman–Crippen MR) is 109 cm³/mol. The molecule has 1 heterocycles. The van der Waals surface area contributed by atoms with Gasteiger partial charge >= 0.3 is 6.18 Å². The van der Waals surface area contributed by atoms with Crippen LogP contribution in [-0.4, -0.2) is 41.9 Å². The fraction of sp³-hybridized carbons (Fsp3) is 0.455. The number of benzene rings is 2. The van der Waals surface area contributed by atoms with E-state index in [1.165, 1.54) is 25.3 Å². The van der Waals surface area contributed by atoms with Crippen LogP contribution >= 0.6 is 11.6 Å². The Balaban J connectivity index is 1.67. The molecule has 0 amide bonds. The number of rotatable bonds is 6. The number of methoxy groups -OCH3 is 1. The van der Waals surface area contributed by atoms with Gasteiger partial charge in [-0.05, 0) is 61.0 Å². The van der Waals surface area contributed by atoms with Crippen molar-refractivity contribution in [2.75, 3.05) is 26.8 Å². The molecule has 1 fully saturated rings. The molecule has 8 heteroatoms. The van der Waals surface area contributed by atoms with E-state index in [0.29, 0.717) is 55.2 Å². The lowest BCUT2D eigenvalue weighted by Crippen LogP contribution is -2.43. The van der Waals surface area contributed by atoms with Crippen LogP contribution in [0.2, 0.25) is 5.02 Å². The molecule has 2 N–H and O–H groups in total. The van der Waals surface area contributed by atoms with Gasteiger partial charge in [-0.15, -0.1) is 0 Å². The molecule has 30 heavy (non-hydrogen) atoms. The SMILES string of the molecule is COc1cc(CN2CCC(CO)(Cc3cccc(C(F)(F)F)c3)CC2)c(Cl)cc1O. The Morgan fingerprint density at radius 2 is 1.87 bits per heavy atom. The molecule has 1 aliphatic heterocycles. The molecule has 0 aromatic heterocycles. The van der Waals surface area contributed by atoms with E-state index >= 15 is 0 Å². The summed E-state index contributed by atoms with van der Waals surface area (Å²) < 4.78 is 44.1. The average molecular weight is 444 g/mol. The van der Waals surface area contributed by atoms with Crippen molar-refractivity contribution < 1.29 is 28.1 Å². The van der Waals surface area contributed by atoms with Gasteiger partial charge in [0.25, 0.3) is 0 Å². The molecule has 0 aliphatic carbocycles. The van der Waals surface area contributed by atoms with Gasteiger partial charge < -0.3 is 14.9 Å². The summed E-state index contributed by atoms with van der Waals surface area (Å²) in [7, 11) is 1.47. The number of nitrogens with zero attached hydrogens (tertiary/aromatic N) is 1. The number of aliphatic hydroxyl groups excluding tert-OH is 1. The van der Waals surface area contributed by atoms with Crippen LogP contribution in [0.1, 0.15) is 29.5 Å². The Morgan fingerprint density at radius 3 is 2.47 bits per heavy atom. The zero-order valence-electron chi connectivity index (χ0n) is 16.7. The van der Waals surface area contributed by atoms with Crippen molar-refractivity contribution >= 4 is 11.6 Å². The first-order valence-electron chi connectivity index (χ1n) is 9.70. The summed E-state index contributed by atoms with van der Waals surface area (Å²) >= 11 is 6.25. The van der Waals surface area contributed by atoms with E-state index in [-0.39, 0.29) is 12.4 Å². The topological polar surface area (TPSA) is 52.9 Å². The van der Waals surface area contributed by atoms with Crippen molar-refractivity contribution in [2.45, 2.75) is 32.0 Å². The summed E-state index contributed by atoms with van der Waals surface area (Å²) in [6, 6.07) is 8.49. The van der Waals surface area contributed by atoms with Crippen molar-refractivity contribution in [1.29, 1.82) is 0 Å². The lowest BCUT2D eigenvalue weighted by atomic mass is 9.74. The van der Waals surface area contributed by atoms with E-state index in [1.54, 1.807) is 12.1 Å². The highest BCUT2D eigenvalue weighted by Crippen LogP contribution is 2.38. The first-order chi connectivity index (χ1) is 14.2. The molecule has 0 unspecified atom stereocenters. The van der Waals surface area contributed by atoms with Crippen molar-refractivity contribution in [1.82, 2.24) is 4.90 Å². The van der Waals surface area contributed by atoms with E-state index in [9.17, 15) is 23.4 Å². The van der Waals surface area contributed by atoms with Gasteiger partial charge in [0.1, 0.15) is 0 Å². The number of phenolic OH excluding ortho intramolecular Hbond substituents is 1. The van der Waals surface area contributed by atoms with Crippen LogP contribution in [0, 0.1) is 5.41 Å². The second kappa shape index (κ2) is 9.04. The van der Waals surface area contributed by atoms with Crippen molar-refractivity contribution in [3.05, 3.63) is 58.1 Å². The summed E-state index contributed by atoms with van der Waals surface area (Å²) in [5.74, 6) is 0.325. The largest absolute Gasteiger partial charge is 0.504 e. The van der Waals surface area contributed by atoms with Crippen LogP contribution in [0.4, 0.5) is 13.2 Å². The number of alkyl halides is 3. The minimum absolute atomic E-state index is 0.0229. The Labute approximate surface area is 178 Å². The van der Waals surface area contributed by atoms with Crippen LogP contribution in [0.25, 0.3) is 0 Å². The fourth-order valence-corrected chi connectivity index (χ4v) is 4.20. The first kappa shape index (κ1) is 22.7. The molecule has 3 rings (SSSR count). The van der Waals surface area contributed by atoms with Crippen molar-refractivity contribution in [3.63, 3.8) is 0 Å². The maximum absolute atomic E-state index is 13.0. The standard InChI is InChI=1S/C22H25ClF3NO3/c1-30-20-10-16(18(23)11-19(20)29)13-27-7-5-21(14-28,6-8-27)12-15-3-2-4-17(9-15)22(24,25)26/h2-4,9-11,28-29H,5-8,12-14H2,1H3. The van der Waals surface area contributed by atoms with Gasteiger partial charge in [-0.1, -0.05) is 29.8 Å². The maximum atomic E-state index is 13.0. The average Bonchev–Trinajstić information content (AvgIpc) is 2.71. The molecule has 0 radical (unpaired) electrons. The number of aliphatic hydroxyl groups is 1. The Morgan fingerprint density at radius 1 is 1.17 bits per heavy atom. The van der Waals surface area contributed by atoms with E-state index in [0.717, 1.165) is 11.6 Å². The van der Waals surface area contributed by atoms with Crippen LogP contribution in [0.15, 0.2) is 36.4 Å². The van der Waals surface area contributed by atoms with Gasteiger partial charge in [0, 0.05) is 24.2 Å². The predicted octanol–water partition coefficient (Wildman–Crippen LogP) is 4.89. The quantitative estimate of drug-likeness (QED) is 0.667. The molecule has 164 valence electrons. The number of aromatic hydroxyl groups is 1. The molecule has 2 aromatic rings. The van der Waals surface area contributed by atoms with E-state index in [2.05, 4.69) is 4.90 Å². The van der Waals surface area contributed by atoms with Gasteiger partial charge in [-0.2, -0.15) is 13.2 Å². The van der Waals surface area contributed by atoms with E-state index in [1.807, 2.05) is 0 Å². The molecular formula is C22H25ClF3NO3. The second-order valence-corrected chi connectivity index (χ2v) is 8.33. The number of likely N-dealkylation sites (tertiary alicyclic amines) is 1. The number of ether oxygens (including phenoxy) is 1. The normalized spacial score (nSPS) is 17.1. The minimum Gasteiger partial charge on any atom is -0.504 e. The van der Waals surface area contributed by atoms with Gasteiger partial charge in [0.15, 0.2) is 11.5 Å². The first-order valence-corrected chi connectivity index (χ1v) is 10.1. The van der Waals surface area contributed by atoms with Gasteiger partial charge in [0.2, 0.25) is 0 Å².